The first-order valence-corrected chi connectivity index (χ1v) is 5.69. The Labute approximate surface area is 125 Å². The predicted octanol–water partition coefficient (Wildman–Crippen LogP) is -0.520. The third kappa shape index (κ3) is 6.06. The van der Waals surface area contributed by atoms with Crippen molar-refractivity contribution in [2.75, 3.05) is 0 Å². The molecular formula is C14H17NaO2. The minimum absolute atomic E-state index is 0. The zero-order valence-corrected chi connectivity index (χ0v) is 12.6. The molecule has 86 valence electrons. The summed E-state index contributed by atoms with van der Waals surface area (Å²) in [6, 6.07) is 7.48. The van der Waals surface area contributed by atoms with Crippen LogP contribution < -0.4 is 34.7 Å². The van der Waals surface area contributed by atoms with E-state index in [1.54, 1.807) is 12.1 Å². The van der Waals surface area contributed by atoms with E-state index in [1.807, 2.05) is 12.1 Å². The molecule has 3 heteroatoms. The molecule has 0 unspecified atom stereocenters. The van der Waals surface area contributed by atoms with E-state index in [2.05, 4.69) is 6.92 Å². The van der Waals surface area contributed by atoms with Crippen LogP contribution in [0.5, 0.6) is 0 Å². The van der Waals surface area contributed by atoms with Crippen LogP contribution in [-0.4, -0.2) is 5.78 Å². The first-order valence-electron chi connectivity index (χ1n) is 5.69. The molecular weight excluding hydrogens is 223 g/mol. The fourth-order valence-electron chi connectivity index (χ4n) is 1.57. The van der Waals surface area contributed by atoms with Gasteiger partial charge in [0.05, 0.1) is 0 Å². The molecule has 0 aromatic heterocycles. The number of aryl methyl sites for hydroxylation is 1. The van der Waals surface area contributed by atoms with Crippen molar-refractivity contribution >= 4 is 5.78 Å². The quantitative estimate of drug-likeness (QED) is 0.221. The number of ketones is 1. The fraction of sp³-hybridized carbons (Fsp3) is 0.357. The smallest absolute Gasteiger partial charge is 0.878 e. The fourth-order valence-corrected chi connectivity index (χ4v) is 1.57. The summed E-state index contributed by atoms with van der Waals surface area (Å²) in [5.41, 5.74) is 1.82. The van der Waals surface area contributed by atoms with E-state index in [0.29, 0.717) is 11.8 Å². The van der Waals surface area contributed by atoms with Gasteiger partial charge in [0, 0.05) is 5.56 Å². The van der Waals surface area contributed by atoms with Gasteiger partial charge in [-0.2, -0.15) is 0 Å². The number of unbranched alkanes of at least 4 members (excludes halogenated alkanes) is 2. The Morgan fingerprint density at radius 2 is 1.88 bits per heavy atom. The molecule has 0 aliphatic carbocycles. The predicted molar refractivity (Wildman–Crippen MR) is 63.1 cm³/mol. The Hall–Kier alpha value is -0.570. The van der Waals surface area contributed by atoms with Gasteiger partial charge in [-0.1, -0.05) is 44.0 Å². The summed E-state index contributed by atoms with van der Waals surface area (Å²) in [6.45, 7) is 2.18. The molecule has 17 heavy (non-hydrogen) atoms. The molecule has 0 atom stereocenters. The zero-order chi connectivity index (χ0) is 11.8. The summed E-state index contributed by atoms with van der Waals surface area (Å²) in [7, 11) is 0. The van der Waals surface area contributed by atoms with E-state index in [1.165, 1.54) is 24.8 Å². The van der Waals surface area contributed by atoms with Crippen LogP contribution in [0.25, 0.3) is 0 Å². The maximum absolute atomic E-state index is 11.3. The van der Waals surface area contributed by atoms with Gasteiger partial charge in [-0.25, -0.2) is 0 Å². The number of carbonyl (C=O) groups is 1. The molecule has 0 radical (unpaired) electrons. The zero-order valence-electron chi connectivity index (χ0n) is 10.6. The van der Waals surface area contributed by atoms with Crippen LogP contribution in [0.15, 0.2) is 36.6 Å². The summed E-state index contributed by atoms with van der Waals surface area (Å²) < 4.78 is 0. The molecule has 0 aliphatic heterocycles. The molecule has 2 nitrogen and oxygen atoms in total. The number of benzene rings is 1. The number of hydrogen-bond donors (Lipinski definition) is 0. The van der Waals surface area contributed by atoms with Gasteiger partial charge in [0.25, 0.3) is 0 Å². The number of hydrogen-bond acceptors (Lipinski definition) is 2. The Balaban J connectivity index is 0.00000256. The van der Waals surface area contributed by atoms with Gasteiger partial charge < -0.3 is 5.11 Å². The van der Waals surface area contributed by atoms with E-state index in [9.17, 15) is 9.90 Å². The summed E-state index contributed by atoms with van der Waals surface area (Å²) >= 11 is 0. The van der Waals surface area contributed by atoms with E-state index in [0.717, 1.165) is 12.5 Å². The molecule has 1 rings (SSSR count). The van der Waals surface area contributed by atoms with Gasteiger partial charge >= 0.3 is 29.6 Å². The molecule has 0 bridgehead atoms. The molecule has 0 heterocycles. The van der Waals surface area contributed by atoms with E-state index in [-0.39, 0.29) is 35.3 Å². The maximum Gasteiger partial charge on any atom is 1.00 e. The van der Waals surface area contributed by atoms with Crippen LogP contribution in [0, 0.1) is 0 Å². The van der Waals surface area contributed by atoms with Crippen molar-refractivity contribution < 1.29 is 39.5 Å². The van der Waals surface area contributed by atoms with Crippen molar-refractivity contribution in [3.05, 3.63) is 47.7 Å². The van der Waals surface area contributed by atoms with Crippen LogP contribution in [-0.2, 0) is 6.42 Å². The summed E-state index contributed by atoms with van der Waals surface area (Å²) in [5, 5.41) is 10.2. The third-order valence-corrected chi connectivity index (χ3v) is 2.53. The van der Waals surface area contributed by atoms with E-state index in [4.69, 9.17) is 0 Å². The first kappa shape index (κ1) is 16.4. The second-order valence-electron chi connectivity index (χ2n) is 3.82. The van der Waals surface area contributed by atoms with Gasteiger partial charge in [-0.05, 0) is 24.5 Å². The topological polar surface area (TPSA) is 40.1 Å². The first-order chi connectivity index (χ1) is 7.77. The molecule has 0 saturated heterocycles. The average molecular weight is 240 g/mol. The van der Waals surface area contributed by atoms with Crippen LogP contribution in [0.3, 0.4) is 0 Å². The average Bonchev–Trinajstić information content (AvgIpc) is 2.30. The van der Waals surface area contributed by atoms with Crippen LogP contribution in [0.4, 0.5) is 0 Å². The van der Waals surface area contributed by atoms with E-state index >= 15 is 0 Å². The summed E-state index contributed by atoms with van der Waals surface area (Å²) in [4.78, 5) is 11.3. The molecule has 1 aromatic rings. The standard InChI is InChI=1S/C14H18O2.Na/c1-2-3-4-5-12-6-8-13(9-7-12)14(16)10-11-15;/h6-11,15H,2-5H2,1H3;/q;+1/p-1/b11-10+;. The van der Waals surface area contributed by atoms with Crippen molar-refractivity contribution in [3.63, 3.8) is 0 Å². The second kappa shape index (κ2) is 9.46. The molecule has 0 saturated carbocycles. The monoisotopic (exact) mass is 240 g/mol. The second-order valence-corrected chi connectivity index (χ2v) is 3.82. The number of allylic oxidation sites excluding steroid dienone is 1. The molecule has 0 fully saturated rings. The van der Waals surface area contributed by atoms with Crippen LogP contribution in [0.2, 0.25) is 0 Å². The van der Waals surface area contributed by atoms with Crippen molar-refractivity contribution in [2.24, 2.45) is 0 Å². The van der Waals surface area contributed by atoms with Gasteiger partial charge in [-0.15, -0.1) is 6.26 Å². The van der Waals surface area contributed by atoms with Crippen LogP contribution in [0.1, 0.15) is 42.1 Å². The largest absolute Gasteiger partial charge is 1.00 e. The molecule has 1 aromatic carbocycles. The minimum Gasteiger partial charge on any atom is -0.878 e. The van der Waals surface area contributed by atoms with Crippen molar-refractivity contribution in [1.29, 1.82) is 0 Å². The summed E-state index contributed by atoms with van der Waals surface area (Å²) in [6.07, 6.45) is 6.26. The minimum atomic E-state index is -0.227. The third-order valence-electron chi connectivity index (χ3n) is 2.53. The van der Waals surface area contributed by atoms with Crippen LogP contribution >= 0.6 is 0 Å². The molecule has 0 amide bonds. The van der Waals surface area contributed by atoms with Crippen molar-refractivity contribution in [2.45, 2.75) is 32.6 Å². The van der Waals surface area contributed by atoms with Gasteiger partial charge in [0.2, 0.25) is 0 Å². The van der Waals surface area contributed by atoms with Gasteiger partial charge in [-0.3, -0.25) is 4.79 Å². The Kier molecular flexibility index (Phi) is 9.14. The molecule has 0 spiro atoms. The Morgan fingerprint density at radius 1 is 1.24 bits per heavy atom. The Morgan fingerprint density at radius 3 is 2.41 bits per heavy atom. The van der Waals surface area contributed by atoms with Gasteiger partial charge in [0.1, 0.15) is 0 Å². The van der Waals surface area contributed by atoms with Crippen molar-refractivity contribution in [3.8, 4) is 0 Å². The normalized spacial score (nSPS) is 10.2. The Bertz CT molecular complexity index is 355. The van der Waals surface area contributed by atoms with E-state index < -0.39 is 0 Å². The number of rotatable bonds is 6. The number of carbonyl (C=O) groups excluding carboxylic acids is 1. The summed E-state index contributed by atoms with van der Waals surface area (Å²) in [5.74, 6) is -0.227. The maximum atomic E-state index is 11.3. The molecule has 0 N–H and O–H groups in total. The SMILES string of the molecule is CCCCCc1ccc(C(=O)/C=C/[O-])cc1.[Na+]. The van der Waals surface area contributed by atoms with Gasteiger partial charge in [0.15, 0.2) is 5.78 Å². The van der Waals surface area contributed by atoms with Crippen molar-refractivity contribution in [1.82, 2.24) is 0 Å². The molecule has 0 aliphatic rings.